The predicted molar refractivity (Wildman–Crippen MR) is 229 cm³/mol. The molecular formula is C46H61N2O2Si2+. The average molecular weight is 730 g/mol. The van der Waals surface area contributed by atoms with Crippen LogP contribution in [0.1, 0.15) is 71.1 Å². The second kappa shape index (κ2) is 12.5. The van der Waals surface area contributed by atoms with E-state index in [0.717, 1.165) is 34.6 Å². The maximum atomic E-state index is 14.6. The summed E-state index contributed by atoms with van der Waals surface area (Å²) in [6.07, 6.45) is 2.38. The van der Waals surface area contributed by atoms with Crippen LogP contribution in [-0.4, -0.2) is 52.2 Å². The standard InChI is InChI=1S/C46H60N2O2Si2/c1-29-45(3,4)37-27-35(31-19-13-15-21-33(31)41(37)47(29)23-17-25-51(7,8)9)39-43(49)40(44(39)50)36-28-38-42(34-22-16-14-20-32(34)36)48(30(2)46(38,5)6)24-18-26-52(10,11)12/h13-16,19-22,27-30H,17-18,23-26H2,1-12H3/p+1. The minimum absolute atomic E-state index is 0.0561. The molecule has 0 radical (unpaired) electrons. The van der Waals surface area contributed by atoms with Crippen LogP contribution in [0.5, 0.6) is 0 Å². The molecule has 7 rings (SSSR count). The van der Waals surface area contributed by atoms with Gasteiger partial charge in [0.25, 0.3) is 0 Å². The molecule has 2 heterocycles. The maximum absolute atomic E-state index is 14.6. The Morgan fingerprint density at radius 3 is 1.92 bits per heavy atom. The molecule has 0 spiro atoms. The predicted octanol–water partition coefficient (Wildman–Crippen LogP) is 9.81. The lowest BCUT2D eigenvalue weighted by atomic mass is 9.75. The van der Waals surface area contributed by atoms with Crippen molar-refractivity contribution >= 4 is 60.3 Å². The first-order chi connectivity index (χ1) is 24.3. The summed E-state index contributed by atoms with van der Waals surface area (Å²) in [5, 5.41) is 18.7. The van der Waals surface area contributed by atoms with Crippen molar-refractivity contribution in [3.8, 4) is 0 Å². The topological polar surface area (TPSA) is 43.5 Å². The SMILES string of the molecule is CC1N(CCC[Si](C)(C)C)c2c(cc(C3=C(O)/C(=c4/cc5c(c6ccccc46)=[N+](CCC[Si](C)(C)C)C(C)C5(C)C)C3=O)c3ccccc23)C1(C)C. The molecule has 274 valence electrons. The van der Waals surface area contributed by atoms with Crippen LogP contribution < -0.4 is 20.1 Å². The Labute approximate surface area is 314 Å². The van der Waals surface area contributed by atoms with Gasteiger partial charge in [-0.15, -0.1) is 0 Å². The van der Waals surface area contributed by atoms with E-state index in [9.17, 15) is 9.90 Å². The summed E-state index contributed by atoms with van der Waals surface area (Å²) in [7, 11) is -2.31. The van der Waals surface area contributed by atoms with Crippen molar-refractivity contribution in [2.45, 2.75) is 129 Å². The third-order valence-corrected chi connectivity index (χ3v) is 16.8. The van der Waals surface area contributed by atoms with Gasteiger partial charge in [0.2, 0.25) is 11.1 Å². The van der Waals surface area contributed by atoms with Crippen molar-refractivity contribution in [3.05, 3.63) is 93.7 Å². The molecule has 0 saturated carbocycles. The molecule has 1 aliphatic carbocycles. The average Bonchev–Trinajstić information content (AvgIpc) is 3.38. The quantitative estimate of drug-likeness (QED) is 0.138. The summed E-state index contributed by atoms with van der Waals surface area (Å²) in [6, 6.07) is 24.8. The Balaban J connectivity index is 1.41. The van der Waals surface area contributed by atoms with Crippen LogP contribution in [0.3, 0.4) is 0 Å². The Morgan fingerprint density at radius 2 is 1.31 bits per heavy atom. The van der Waals surface area contributed by atoms with Crippen LogP contribution in [0.4, 0.5) is 5.69 Å². The van der Waals surface area contributed by atoms with Gasteiger partial charge in [-0.25, -0.2) is 4.58 Å². The molecule has 2 unspecified atom stereocenters. The van der Waals surface area contributed by atoms with E-state index < -0.39 is 16.1 Å². The third kappa shape index (κ3) is 5.83. The van der Waals surface area contributed by atoms with Crippen LogP contribution in [0, 0.1) is 0 Å². The number of carbonyl (C=O) groups excluding carboxylic acids is 1. The molecule has 0 bridgehead atoms. The second-order valence-electron chi connectivity index (χ2n) is 19.7. The van der Waals surface area contributed by atoms with E-state index in [1.54, 1.807) is 0 Å². The molecule has 4 aromatic rings. The van der Waals surface area contributed by atoms with E-state index in [1.807, 2.05) is 0 Å². The molecule has 6 heteroatoms. The van der Waals surface area contributed by atoms with Crippen LogP contribution >= 0.6 is 0 Å². The highest BCUT2D eigenvalue weighted by molar-refractivity contribution is 6.76. The molecule has 1 N–H and O–H groups in total. The Morgan fingerprint density at radius 1 is 0.731 bits per heavy atom. The number of aliphatic hydroxyl groups excluding tert-OH is 1. The smallest absolute Gasteiger partial charge is 0.212 e. The molecule has 3 aliphatic rings. The van der Waals surface area contributed by atoms with Crippen molar-refractivity contribution in [3.63, 3.8) is 0 Å². The highest BCUT2D eigenvalue weighted by Crippen LogP contribution is 2.52. The highest BCUT2D eigenvalue weighted by atomic mass is 28.3. The van der Waals surface area contributed by atoms with Gasteiger partial charge in [0.15, 0.2) is 6.04 Å². The van der Waals surface area contributed by atoms with Gasteiger partial charge in [0.05, 0.1) is 21.9 Å². The van der Waals surface area contributed by atoms with E-state index in [4.69, 9.17) is 0 Å². The van der Waals surface area contributed by atoms with Gasteiger partial charge in [-0.05, 0) is 79.4 Å². The third-order valence-electron chi connectivity index (χ3n) is 13.1. The molecule has 0 aromatic heterocycles. The minimum Gasteiger partial charge on any atom is -0.506 e. The lowest BCUT2D eigenvalue weighted by molar-refractivity contribution is -0.109. The number of benzene rings is 4. The molecule has 4 aromatic carbocycles. The number of nitrogens with zero attached hydrogens (tertiary/aromatic N) is 2. The first-order valence-electron chi connectivity index (χ1n) is 19.8. The number of ketones is 1. The van der Waals surface area contributed by atoms with Gasteiger partial charge in [-0.1, -0.05) is 108 Å². The fourth-order valence-electron chi connectivity index (χ4n) is 9.42. The largest absolute Gasteiger partial charge is 0.506 e. The van der Waals surface area contributed by atoms with Crippen molar-refractivity contribution in [2.75, 3.05) is 18.0 Å². The minimum atomic E-state index is -1.15. The number of fused-ring (bicyclic) bond motifs is 6. The van der Waals surface area contributed by atoms with Crippen molar-refractivity contribution in [1.82, 2.24) is 4.58 Å². The lowest BCUT2D eigenvalue weighted by Crippen LogP contribution is -2.39. The van der Waals surface area contributed by atoms with Gasteiger partial charge >= 0.3 is 0 Å². The summed E-state index contributed by atoms with van der Waals surface area (Å²) in [5.41, 5.74) is 5.41. The number of hydrogen-bond acceptors (Lipinski definition) is 3. The number of carbonyl (C=O) groups is 1. The van der Waals surface area contributed by atoms with Crippen LogP contribution in [0.15, 0.2) is 66.4 Å². The lowest BCUT2D eigenvalue weighted by Gasteiger charge is -2.32. The summed E-state index contributed by atoms with van der Waals surface area (Å²) >= 11 is 0. The normalized spacial score (nSPS) is 22.0. The maximum Gasteiger partial charge on any atom is 0.212 e. The first-order valence-corrected chi connectivity index (χ1v) is 27.2. The zero-order valence-corrected chi connectivity index (χ0v) is 35.9. The van der Waals surface area contributed by atoms with Crippen molar-refractivity contribution in [2.24, 2.45) is 0 Å². The van der Waals surface area contributed by atoms with Crippen LogP contribution in [0.2, 0.25) is 51.4 Å². The highest BCUT2D eigenvalue weighted by Gasteiger charge is 2.47. The van der Waals surface area contributed by atoms with Gasteiger partial charge in [0.1, 0.15) is 12.3 Å². The molecule has 4 nitrogen and oxygen atoms in total. The summed E-state index contributed by atoms with van der Waals surface area (Å²) in [6.45, 7) is 30.9. The van der Waals surface area contributed by atoms with Crippen LogP contribution in [-0.2, 0) is 15.6 Å². The monoisotopic (exact) mass is 729 g/mol. The molecule has 2 atom stereocenters. The van der Waals surface area contributed by atoms with Crippen molar-refractivity contribution < 1.29 is 9.90 Å². The van der Waals surface area contributed by atoms with Gasteiger partial charge in [0, 0.05) is 57.2 Å². The number of rotatable bonds is 9. The second-order valence-corrected chi connectivity index (χ2v) is 30.9. The Hall–Kier alpha value is -3.49. The van der Waals surface area contributed by atoms with Crippen LogP contribution in [0.25, 0.3) is 32.7 Å². The number of aliphatic hydroxyl groups is 1. The number of anilines is 1. The van der Waals surface area contributed by atoms with Gasteiger partial charge < -0.3 is 10.0 Å². The molecule has 0 fully saturated rings. The van der Waals surface area contributed by atoms with Gasteiger partial charge in [-0.3, -0.25) is 4.79 Å². The van der Waals surface area contributed by atoms with Crippen molar-refractivity contribution in [1.29, 1.82) is 0 Å². The Bertz CT molecular complexity index is 2300. The molecule has 0 saturated heterocycles. The zero-order chi connectivity index (χ0) is 37.7. The first kappa shape index (κ1) is 36.9. The van der Waals surface area contributed by atoms with E-state index >= 15 is 0 Å². The molecule has 52 heavy (non-hydrogen) atoms. The number of allylic oxidation sites excluding steroid dienone is 2. The van der Waals surface area contributed by atoms with E-state index in [2.05, 4.69) is 151 Å². The fourth-order valence-corrected chi connectivity index (χ4v) is 11.9. The van der Waals surface area contributed by atoms with E-state index in [0.29, 0.717) is 23.2 Å². The zero-order valence-electron chi connectivity index (χ0n) is 33.9. The number of hydrogen-bond donors (Lipinski definition) is 1. The summed E-state index contributed by atoms with van der Waals surface area (Å²) in [4.78, 5) is 17.3. The summed E-state index contributed by atoms with van der Waals surface area (Å²) < 4.78 is 2.63. The van der Waals surface area contributed by atoms with E-state index in [1.165, 1.54) is 57.9 Å². The fraction of sp³-hybridized carbons (Fsp3) is 0.478. The summed E-state index contributed by atoms with van der Waals surface area (Å²) in [5.74, 6) is 0.0753. The number of Topliss-reactive ketones (excluding diaryl/α,β-unsaturated/α-hetero) is 1. The molecular weight excluding hydrogens is 669 g/mol. The Kier molecular flexibility index (Phi) is 8.89. The van der Waals surface area contributed by atoms with Gasteiger partial charge in [-0.2, -0.15) is 0 Å². The molecule has 2 aliphatic heterocycles. The molecule has 0 amide bonds. The van der Waals surface area contributed by atoms with E-state index in [-0.39, 0.29) is 22.4 Å².